The summed E-state index contributed by atoms with van der Waals surface area (Å²) < 4.78 is 1.91. The predicted octanol–water partition coefficient (Wildman–Crippen LogP) is 2.33. The lowest BCUT2D eigenvalue weighted by Crippen LogP contribution is -2.07. The molecule has 1 aliphatic rings. The van der Waals surface area contributed by atoms with Crippen molar-refractivity contribution in [2.24, 2.45) is 5.92 Å². The van der Waals surface area contributed by atoms with E-state index < -0.39 is 5.97 Å². The standard InChI is InChI=1S/C13H14N2O2S/c16-13(17)10-2-1-4-15-11(10)7-14-12(15)6-9-3-5-18-8-9/h1-2,4,7,9H,3,5-6,8H2,(H,16,17). The Labute approximate surface area is 109 Å². The second-order valence-corrected chi connectivity index (χ2v) is 5.74. The minimum atomic E-state index is -0.900. The van der Waals surface area contributed by atoms with Crippen LogP contribution in [0.25, 0.3) is 5.52 Å². The van der Waals surface area contributed by atoms with Crippen LogP contribution in [0.3, 0.4) is 0 Å². The lowest BCUT2D eigenvalue weighted by molar-refractivity contribution is 0.0698. The molecule has 4 nitrogen and oxygen atoms in total. The topological polar surface area (TPSA) is 54.6 Å². The molecule has 1 fully saturated rings. The summed E-state index contributed by atoms with van der Waals surface area (Å²) >= 11 is 1.99. The van der Waals surface area contributed by atoms with Crippen LogP contribution < -0.4 is 0 Å². The molecule has 1 saturated heterocycles. The second-order valence-electron chi connectivity index (χ2n) is 4.59. The van der Waals surface area contributed by atoms with Crippen LogP contribution >= 0.6 is 11.8 Å². The summed E-state index contributed by atoms with van der Waals surface area (Å²) in [6.45, 7) is 0. The van der Waals surface area contributed by atoms with Gasteiger partial charge in [0.1, 0.15) is 5.82 Å². The van der Waals surface area contributed by atoms with Gasteiger partial charge in [-0.25, -0.2) is 9.78 Å². The highest BCUT2D eigenvalue weighted by Crippen LogP contribution is 2.26. The van der Waals surface area contributed by atoms with Gasteiger partial charge < -0.3 is 9.51 Å². The number of imidazole rings is 1. The van der Waals surface area contributed by atoms with Gasteiger partial charge >= 0.3 is 5.97 Å². The van der Waals surface area contributed by atoms with Gasteiger partial charge in [0.2, 0.25) is 0 Å². The Morgan fingerprint density at radius 1 is 1.61 bits per heavy atom. The van der Waals surface area contributed by atoms with E-state index in [9.17, 15) is 4.79 Å². The number of nitrogens with zero attached hydrogens (tertiary/aromatic N) is 2. The zero-order valence-electron chi connectivity index (χ0n) is 9.87. The summed E-state index contributed by atoms with van der Waals surface area (Å²) in [5.74, 6) is 3.17. The number of carbonyl (C=O) groups is 1. The molecule has 2 aromatic heterocycles. The van der Waals surface area contributed by atoms with Crippen LogP contribution in [0, 0.1) is 5.92 Å². The first kappa shape index (κ1) is 11.6. The zero-order chi connectivity index (χ0) is 12.5. The number of carboxylic acid groups (broad SMARTS) is 1. The van der Waals surface area contributed by atoms with Crippen LogP contribution in [0.4, 0.5) is 0 Å². The highest BCUT2D eigenvalue weighted by Gasteiger charge is 2.19. The molecule has 0 radical (unpaired) electrons. The van der Waals surface area contributed by atoms with Gasteiger partial charge in [-0.1, -0.05) is 0 Å². The molecular formula is C13H14N2O2S. The van der Waals surface area contributed by atoms with Crippen LogP contribution in [0.15, 0.2) is 24.5 Å². The third kappa shape index (κ3) is 1.99. The number of aromatic carboxylic acids is 1. The number of thioether (sulfide) groups is 1. The summed E-state index contributed by atoms with van der Waals surface area (Å²) in [5.41, 5.74) is 1.00. The molecule has 2 aromatic rings. The van der Waals surface area contributed by atoms with Crippen molar-refractivity contribution < 1.29 is 9.90 Å². The maximum absolute atomic E-state index is 11.1. The predicted molar refractivity (Wildman–Crippen MR) is 71.3 cm³/mol. The van der Waals surface area contributed by atoms with Gasteiger partial charge in [-0.15, -0.1) is 0 Å². The summed E-state index contributed by atoms with van der Waals surface area (Å²) in [6, 6.07) is 3.39. The highest BCUT2D eigenvalue weighted by molar-refractivity contribution is 7.99. The van der Waals surface area contributed by atoms with Crippen molar-refractivity contribution in [1.29, 1.82) is 0 Å². The summed E-state index contributed by atoms with van der Waals surface area (Å²) in [4.78, 5) is 15.5. The maximum Gasteiger partial charge on any atom is 0.337 e. The van der Waals surface area contributed by atoms with Crippen LogP contribution in [0.1, 0.15) is 22.6 Å². The molecule has 0 aromatic carbocycles. The first-order chi connectivity index (χ1) is 8.75. The first-order valence-corrected chi connectivity index (χ1v) is 7.17. The Morgan fingerprint density at radius 2 is 2.50 bits per heavy atom. The van der Waals surface area contributed by atoms with Gasteiger partial charge in [-0.2, -0.15) is 11.8 Å². The monoisotopic (exact) mass is 262 g/mol. The quantitative estimate of drug-likeness (QED) is 0.922. The molecule has 1 aliphatic heterocycles. The minimum absolute atomic E-state index is 0.317. The Hall–Kier alpha value is -1.49. The number of fused-ring (bicyclic) bond motifs is 1. The number of pyridine rings is 1. The largest absolute Gasteiger partial charge is 0.478 e. The van der Waals surface area contributed by atoms with Gasteiger partial charge in [0.15, 0.2) is 0 Å². The first-order valence-electron chi connectivity index (χ1n) is 6.01. The molecule has 1 atom stereocenters. The number of carboxylic acids is 1. The van der Waals surface area contributed by atoms with E-state index in [2.05, 4.69) is 4.98 Å². The van der Waals surface area contributed by atoms with Gasteiger partial charge in [0.05, 0.1) is 17.3 Å². The minimum Gasteiger partial charge on any atom is -0.478 e. The smallest absolute Gasteiger partial charge is 0.337 e. The van der Waals surface area contributed by atoms with E-state index in [1.54, 1.807) is 18.3 Å². The molecule has 94 valence electrons. The number of hydrogen-bond acceptors (Lipinski definition) is 3. The third-order valence-corrected chi connectivity index (χ3v) is 4.60. The molecular weight excluding hydrogens is 248 g/mol. The number of hydrogen-bond donors (Lipinski definition) is 1. The van der Waals surface area contributed by atoms with Gasteiger partial charge in [-0.3, -0.25) is 0 Å². The van der Waals surface area contributed by atoms with E-state index in [1.807, 2.05) is 22.4 Å². The average Bonchev–Trinajstić information content (AvgIpc) is 2.99. The van der Waals surface area contributed by atoms with Crippen molar-refractivity contribution in [3.8, 4) is 0 Å². The molecule has 3 heterocycles. The molecule has 5 heteroatoms. The van der Waals surface area contributed by atoms with Crippen molar-refractivity contribution in [2.45, 2.75) is 12.8 Å². The normalized spacial score (nSPS) is 19.4. The lowest BCUT2D eigenvalue weighted by atomic mass is 10.1. The fourth-order valence-electron chi connectivity index (χ4n) is 2.41. The van der Waals surface area contributed by atoms with Crippen molar-refractivity contribution in [3.63, 3.8) is 0 Å². The molecule has 3 rings (SSSR count). The Morgan fingerprint density at radius 3 is 3.22 bits per heavy atom. The van der Waals surface area contributed by atoms with E-state index in [4.69, 9.17) is 5.11 Å². The summed E-state index contributed by atoms with van der Waals surface area (Å²) in [7, 11) is 0. The Bertz CT molecular complexity index is 588. The number of rotatable bonds is 3. The van der Waals surface area contributed by atoms with Gasteiger partial charge in [-0.05, 0) is 36.0 Å². The third-order valence-electron chi connectivity index (χ3n) is 3.37. The fourth-order valence-corrected chi connectivity index (χ4v) is 3.69. The lowest BCUT2D eigenvalue weighted by Gasteiger charge is -2.07. The Kier molecular flexibility index (Phi) is 2.99. The van der Waals surface area contributed by atoms with Crippen LogP contribution in [0.2, 0.25) is 0 Å². The Balaban J connectivity index is 1.98. The molecule has 18 heavy (non-hydrogen) atoms. The van der Waals surface area contributed by atoms with E-state index >= 15 is 0 Å². The molecule has 1 unspecified atom stereocenters. The molecule has 1 N–H and O–H groups in total. The molecule has 0 amide bonds. The van der Waals surface area contributed by atoms with Gasteiger partial charge in [0, 0.05) is 12.6 Å². The fraction of sp³-hybridized carbons (Fsp3) is 0.385. The number of aromatic nitrogens is 2. The van der Waals surface area contributed by atoms with E-state index in [0.29, 0.717) is 17.0 Å². The van der Waals surface area contributed by atoms with Crippen molar-refractivity contribution in [2.75, 3.05) is 11.5 Å². The highest BCUT2D eigenvalue weighted by atomic mass is 32.2. The van der Waals surface area contributed by atoms with Crippen molar-refractivity contribution in [3.05, 3.63) is 35.9 Å². The maximum atomic E-state index is 11.1. The van der Waals surface area contributed by atoms with Crippen molar-refractivity contribution in [1.82, 2.24) is 9.38 Å². The molecule has 0 bridgehead atoms. The second kappa shape index (κ2) is 4.65. The molecule has 0 saturated carbocycles. The summed E-state index contributed by atoms with van der Waals surface area (Å²) in [6.07, 6.45) is 5.73. The van der Waals surface area contributed by atoms with Crippen LogP contribution in [-0.2, 0) is 6.42 Å². The molecule has 0 spiro atoms. The summed E-state index contributed by atoms with van der Waals surface area (Å²) in [5, 5.41) is 9.13. The van der Waals surface area contributed by atoms with Crippen LogP contribution in [-0.4, -0.2) is 32.0 Å². The van der Waals surface area contributed by atoms with Crippen molar-refractivity contribution >= 4 is 23.2 Å². The van der Waals surface area contributed by atoms with E-state index in [0.717, 1.165) is 12.2 Å². The van der Waals surface area contributed by atoms with E-state index in [-0.39, 0.29) is 0 Å². The molecule has 0 aliphatic carbocycles. The van der Waals surface area contributed by atoms with E-state index in [1.165, 1.54) is 17.9 Å². The zero-order valence-corrected chi connectivity index (χ0v) is 10.7. The average molecular weight is 262 g/mol. The van der Waals surface area contributed by atoms with Gasteiger partial charge in [0.25, 0.3) is 0 Å². The SMILES string of the molecule is O=C(O)c1cccn2c(CC3CCSC3)ncc12. The van der Waals surface area contributed by atoms with Crippen LogP contribution in [0.5, 0.6) is 0 Å².